The molecule has 0 bridgehead atoms. The van der Waals surface area contributed by atoms with Crippen LogP contribution < -0.4 is 0 Å². The van der Waals surface area contributed by atoms with Crippen LogP contribution in [0.2, 0.25) is 0 Å². The molecule has 2 aliphatic rings. The molecule has 13 heteroatoms. The third-order valence-corrected chi connectivity index (χ3v) is 5.08. The summed E-state index contributed by atoms with van der Waals surface area (Å²) in [5, 5.41) is 0. The lowest BCUT2D eigenvalue weighted by molar-refractivity contribution is -0.308. The maximum absolute atomic E-state index is 12.6. The molecule has 0 N–H and O–H groups in total. The Morgan fingerprint density at radius 3 is 2.37 bits per heavy atom. The number of morpholine rings is 1. The highest BCUT2D eigenvalue weighted by molar-refractivity contribution is 5.68. The molecule has 2 fully saturated rings. The van der Waals surface area contributed by atoms with Crippen LogP contribution >= 0.6 is 0 Å². The van der Waals surface area contributed by atoms with E-state index in [9.17, 15) is 31.1 Å². The van der Waals surface area contributed by atoms with Gasteiger partial charge in [0.1, 0.15) is 0 Å². The smallest absolute Gasteiger partial charge is 0.426 e. The SMILES string of the molecule is O=C(OC(C(F)(F)F)C(F)(F)F)N1CCC2(CC1)CN(Cc1cnccn1)CCO2. The van der Waals surface area contributed by atoms with Crippen molar-refractivity contribution in [3.63, 3.8) is 0 Å². The number of carbonyl (C=O) groups is 1. The predicted octanol–water partition coefficient (Wildman–Crippen LogP) is 2.77. The van der Waals surface area contributed by atoms with Crippen molar-refractivity contribution in [2.75, 3.05) is 32.8 Å². The molecule has 0 aromatic carbocycles. The summed E-state index contributed by atoms with van der Waals surface area (Å²) in [5.41, 5.74) is 0.130. The fraction of sp³-hybridized carbons (Fsp3) is 0.706. The van der Waals surface area contributed by atoms with Crippen LogP contribution in [-0.4, -0.2) is 82.7 Å². The van der Waals surface area contributed by atoms with Gasteiger partial charge in [0, 0.05) is 51.3 Å². The number of hydrogen-bond acceptors (Lipinski definition) is 6. The Kier molecular flexibility index (Phi) is 6.41. The fourth-order valence-corrected chi connectivity index (χ4v) is 3.59. The summed E-state index contributed by atoms with van der Waals surface area (Å²) in [6, 6.07) is 0. The number of likely N-dealkylation sites (tertiary alicyclic amines) is 1. The van der Waals surface area contributed by atoms with Crippen LogP contribution in [0.25, 0.3) is 0 Å². The Bertz CT molecular complexity index is 708. The first-order valence-corrected chi connectivity index (χ1v) is 9.19. The van der Waals surface area contributed by atoms with Crippen LogP contribution in [0.3, 0.4) is 0 Å². The average Bonchev–Trinajstić information content (AvgIpc) is 2.66. The van der Waals surface area contributed by atoms with Crippen molar-refractivity contribution < 1.29 is 40.6 Å². The standard InChI is InChI=1S/C17H20F6N4O3/c18-16(19,20)13(17(21,22)23)30-14(28)27-5-1-15(2-6-27)11-26(7-8-29-15)10-12-9-24-3-4-25-12/h3-4,9,13H,1-2,5-8,10-11H2. The van der Waals surface area contributed by atoms with Crippen LogP contribution in [0.5, 0.6) is 0 Å². The van der Waals surface area contributed by atoms with E-state index in [-0.39, 0.29) is 25.9 Å². The zero-order chi connectivity index (χ0) is 22.0. The van der Waals surface area contributed by atoms with E-state index in [1.807, 2.05) is 0 Å². The number of nitrogens with zero attached hydrogens (tertiary/aromatic N) is 4. The number of rotatable bonds is 3. The van der Waals surface area contributed by atoms with Crippen LogP contribution in [0.1, 0.15) is 18.5 Å². The number of carbonyl (C=O) groups excluding carboxylic acids is 1. The number of amides is 1. The van der Waals surface area contributed by atoms with E-state index in [0.29, 0.717) is 26.2 Å². The number of ether oxygens (including phenoxy) is 2. The van der Waals surface area contributed by atoms with E-state index in [1.165, 1.54) is 0 Å². The van der Waals surface area contributed by atoms with E-state index in [1.54, 1.807) is 18.6 Å². The lowest BCUT2D eigenvalue weighted by Crippen LogP contribution is -2.58. The van der Waals surface area contributed by atoms with Crippen molar-refractivity contribution in [2.24, 2.45) is 0 Å². The molecule has 0 saturated carbocycles. The number of halogens is 6. The molecule has 168 valence electrons. The van der Waals surface area contributed by atoms with Crippen LogP contribution in [0.15, 0.2) is 18.6 Å². The van der Waals surface area contributed by atoms with E-state index < -0.39 is 30.2 Å². The van der Waals surface area contributed by atoms with E-state index in [4.69, 9.17) is 4.74 Å². The van der Waals surface area contributed by atoms with Gasteiger partial charge in [-0.25, -0.2) is 4.79 Å². The van der Waals surface area contributed by atoms with E-state index >= 15 is 0 Å². The largest absolute Gasteiger partial charge is 0.434 e. The van der Waals surface area contributed by atoms with Crippen molar-refractivity contribution in [3.8, 4) is 0 Å². The van der Waals surface area contributed by atoms with Gasteiger partial charge in [-0.2, -0.15) is 26.3 Å². The highest BCUT2D eigenvalue weighted by Gasteiger charge is 2.60. The Labute approximate surface area is 168 Å². The van der Waals surface area contributed by atoms with Crippen molar-refractivity contribution >= 4 is 6.09 Å². The summed E-state index contributed by atoms with van der Waals surface area (Å²) in [6.07, 6.45) is -12.0. The van der Waals surface area contributed by atoms with Crippen LogP contribution in [-0.2, 0) is 16.0 Å². The molecule has 0 radical (unpaired) electrons. The molecule has 2 saturated heterocycles. The lowest BCUT2D eigenvalue weighted by atomic mass is 9.89. The monoisotopic (exact) mass is 442 g/mol. The molecule has 3 heterocycles. The van der Waals surface area contributed by atoms with Crippen molar-refractivity contribution in [2.45, 2.75) is 43.4 Å². The molecule has 0 unspecified atom stereocenters. The quantitative estimate of drug-likeness (QED) is 0.671. The summed E-state index contributed by atoms with van der Waals surface area (Å²) in [6.45, 7) is 1.95. The molecule has 7 nitrogen and oxygen atoms in total. The normalized spacial score (nSPS) is 20.6. The zero-order valence-corrected chi connectivity index (χ0v) is 15.7. The van der Waals surface area contributed by atoms with Gasteiger partial charge in [-0.05, 0) is 12.8 Å². The zero-order valence-electron chi connectivity index (χ0n) is 15.7. The van der Waals surface area contributed by atoms with Gasteiger partial charge in [-0.3, -0.25) is 14.9 Å². The molecular weight excluding hydrogens is 422 g/mol. The molecule has 1 spiro atoms. The predicted molar refractivity (Wildman–Crippen MR) is 89.2 cm³/mol. The lowest BCUT2D eigenvalue weighted by Gasteiger charge is -2.47. The second kappa shape index (κ2) is 8.53. The van der Waals surface area contributed by atoms with Gasteiger partial charge in [0.2, 0.25) is 0 Å². The molecule has 0 aliphatic carbocycles. The Morgan fingerprint density at radius 2 is 1.80 bits per heavy atom. The Morgan fingerprint density at radius 1 is 1.13 bits per heavy atom. The van der Waals surface area contributed by atoms with Gasteiger partial charge >= 0.3 is 18.4 Å². The minimum Gasteiger partial charge on any atom is -0.426 e. The number of piperidine rings is 1. The van der Waals surface area contributed by atoms with Crippen molar-refractivity contribution in [3.05, 3.63) is 24.3 Å². The number of aromatic nitrogens is 2. The second-order valence-electron chi connectivity index (χ2n) is 7.27. The fourth-order valence-electron chi connectivity index (χ4n) is 3.59. The van der Waals surface area contributed by atoms with Gasteiger partial charge in [0.25, 0.3) is 6.10 Å². The van der Waals surface area contributed by atoms with Gasteiger partial charge in [0.15, 0.2) is 0 Å². The molecule has 30 heavy (non-hydrogen) atoms. The molecule has 3 rings (SSSR count). The Balaban J connectivity index is 1.56. The number of hydrogen-bond donors (Lipinski definition) is 0. The maximum atomic E-state index is 12.6. The Hall–Kier alpha value is -2.15. The van der Waals surface area contributed by atoms with E-state index in [0.717, 1.165) is 10.6 Å². The topological polar surface area (TPSA) is 67.8 Å². The molecule has 2 aliphatic heterocycles. The second-order valence-corrected chi connectivity index (χ2v) is 7.27. The third kappa shape index (κ3) is 5.50. The van der Waals surface area contributed by atoms with Gasteiger partial charge < -0.3 is 14.4 Å². The maximum Gasteiger partial charge on any atom is 0.434 e. The first kappa shape index (κ1) is 22.5. The van der Waals surface area contributed by atoms with Crippen LogP contribution in [0, 0.1) is 0 Å². The highest BCUT2D eigenvalue weighted by atomic mass is 19.4. The average molecular weight is 442 g/mol. The summed E-state index contributed by atoms with van der Waals surface area (Å²) >= 11 is 0. The molecule has 0 atom stereocenters. The third-order valence-electron chi connectivity index (χ3n) is 5.08. The summed E-state index contributed by atoms with van der Waals surface area (Å²) in [7, 11) is 0. The molecule has 1 aromatic rings. The highest BCUT2D eigenvalue weighted by Crippen LogP contribution is 2.37. The van der Waals surface area contributed by atoms with Gasteiger partial charge in [-0.15, -0.1) is 0 Å². The van der Waals surface area contributed by atoms with Gasteiger partial charge in [0.05, 0.1) is 17.9 Å². The first-order chi connectivity index (χ1) is 14.0. The molecule has 1 aromatic heterocycles. The minimum absolute atomic E-state index is 0.0692. The van der Waals surface area contributed by atoms with E-state index in [2.05, 4.69) is 19.6 Å². The van der Waals surface area contributed by atoms with Crippen molar-refractivity contribution in [1.82, 2.24) is 19.8 Å². The molecule has 1 amide bonds. The summed E-state index contributed by atoms with van der Waals surface area (Å²) in [4.78, 5) is 23.1. The van der Waals surface area contributed by atoms with Gasteiger partial charge in [-0.1, -0.05) is 0 Å². The molecular formula is C17H20F6N4O3. The van der Waals surface area contributed by atoms with Crippen LogP contribution in [0.4, 0.5) is 31.1 Å². The number of alkyl halides is 6. The minimum atomic E-state index is -5.74. The summed E-state index contributed by atoms with van der Waals surface area (Å²) < 4.78 is 85.2. The van der Waals surface area contributed by atoms with Crippen molar-refractivity contribution in [1.29, 1.82) is 0 Å². The first-order valence-electron chi connectivity index (χ1n) is 9.19. The summed E-state index contributed by atoms with van der Waals surface area (Å²) in [5.74, 6) is 0.